The van der Waals surface area contributed by atoms with Crippen LogP contribution in [0.15, 0.2) is 30.3 Å². The molecule has 4 nitrogen and oxygen atoms in total. The number of carbonyl (C=O) groups excluding carboxylic acids is 1. The van der Waals surface area contributed by atoms with Gasteiger partial charge in [-0.2, -0.15) is 0 Å². The van der Waals surface area contributed by atoms with Crippen LogP contribution in [0.1, 0.15) is 25.3 Å². The molecule has 1 aliphatic heterocycles. The van der Waals surface area contributed by atoms with E-state index in [0.29, 0.717) is 19.4 Å². The van der Waals surface area contributed by atoms with Crippen molar-refractivity contribution in [3.63, 3.8) is 0 Å². The quantitative estimate of drug-likeness (QED) is 0.901. The molecule has 1 aromatic carbocycles. The van der Waals surface area contributed by atoms with E-state index >= 15 is 0 Å². The Bertz CT molecular complexity index is 458. The number of likely N-dealkylation sites (tertiary alicyclic amines) is 1. The first-order valence-corrected chi connectivity index (χ1v) is 6.64. The van der Waals surface area contributed by atoms with E-state index in [9.17, 15) is 9.59 Å². The molecule has 2 unspecified atom stereocenters. The highest BCUT2D eigenvalue weighted by Crippen LogP contribution is 2.21. The van der Waals surface area contributed by atoms with Crippen molar-refractivity contribution < 1.29 is 14.7 Å². The minimum absolute atomic E-state index is 0.0389. The third-order valence-corrected chi connectivity index (χ3v) is 3.70. The maximum absolute atomic E-state index is 11.9. The highest BCUT2D eigenvalue weighted by molar-refractivity contribution is 5.80. The Balaban J connectivity index is 2.02. The number of nitrogens with zero attached hydrogens (tertiary/aromatic N) is 1. The first-order chi connectivity index (χ1) is 9.08. The average molecular weight is 261 g/mol. The van der Waals surface area contributed by atoms with E-state index in [4.69, 9.17) is 5.11 Å². The van der Waals surface area contributed by atoms with Crippen LogP contribution in [-0.4, -0.2) is 34.5 Å². The fourth-order valence-electron chi connectivity index (χ4n) is 2.56. The summed E-state index contributed by atoms with van der Waals surface area (Å²) in [4.78, 5) is 24.7. The molecule has 4 heteroatoms. The minimum Gasteiger partial charge on any atom is -0.481 e. The fraction of sp³-hybridized carbons (Fsp3) is 0.467. The molecule has 1 N–H and O–H groups in total. The molecule has 19 heavy (non-hydrogen) atoms. The van der Waals surface area contributed by atoms with E-state index < -0.39 is 11.9 Å². The van der Waals surface area contributed by atoms with Crippen LogP contribution in [0.5, 0.6) is 0 Å². The number of piperidine rings is 1. The maximum Gasteiger partial charge on any atom is 0.308 e. The van der Waals surface area contributed by atoms with Gasteiger partial charge in [-0.3, -0.25) is 9.59 Å². The number of hydrogen-bond acceptors (Lipinski definition) is 2. The molecular formula is C15H19NO3. The SMILES string of the molecule is CC(Cc1ccccc1)N1CC(C(=O)O)CCC1=O. The normalized spacial score (nSPS) is 21.2. The Kier molecular flexibility index (Phi) is 4.20. The summed E-state index contributed by atoms with van der Waals surface area (Å²) in [5, 5.41) is 9.08. The molecule has 1 aromatic rings. The van der Waals surface area contributed by atoms with Crippen molar-refractivity contribution in [2.45, 2.75) is 32.2 Å². The molecule has 0 aliphatic carbocycles. The van der Waals surface area contributed by atoms with Gasteiger partial charge in [0.2, 0.25) is 5.91 Å². The Labute approximate surface area is 113 Å². The van der Waals surface area contributed by atoms with E-state index in [0.717, 1.165) is 6.42 Å². The molecule has 0 spiro atoms. The van der Waals surface area contributed by atoms with Crippen molar-refractivity contribution in [2.75, 3.05) is 6.54 Å². The number of carboxylic acids is 1. The number of carbonyl (C=O) groups is 2. The second kappa shape index (κ2) is 5.87. The predicted octanol–water partition coefficient (Wildman–Crippen LogP) is 1.94. The molecule has 2 atom stereocenters. The zero-order chi connectivity index (χ0) is 13.8. The van der Waals surface area contributed by atoms with E-state index in [1.54, 1.807) is 4.90 Å². The summed E-state index contributed by atoms with van der Waals surface area (Å²) < 4.78 is 0. The number of benzene rings is 1. The zero-order valence-corrected chi connectivity index (χ0v) is 11.1. The lowest BCUT2D eigenvalue weighted by Gasteiger charge is -2.35. The molecule has 2 rings (SSSR count). The van der Waals surface area contributed by atoms with Gasteiger partial charge in [-0.05, 0) is 25.3 Å². The molecule has 0 aromatic heterocycles. The van der Waals surface area contributed by atoms with Crippen LogP contribution in [0.25, 0.3) is 0 Å². The van der Waals surface area contributed by atoms with Crippen LogP contribution in [0.3, 0.4) is 0 Å². The molecule has 1 amide bonds. The van der Waals surface area contributed by atoms with Crippen molar-refractivity contribution >= 4 is 11.9 Å². The Morgan fingerprint density at radius 1 is 1.42 bits per heavy atom. The van der Waals surface area contributed by atoms with Crippen molar-refractivity contribution in [1.82, 2.24) is 4.90 Å². The number of carboxylic acid groups (broad SMARTS) is 1. The van der Waals surface area contributed by atoms with Crippen molar-refractivity contribution in [3.8, 4) is 0 Å². The summed E-state index contributed by atoms with van der Waals surface area (Å²) in [7, 11) is 0. The van der Waals surface area contributed by atoms with Crippen LogP contribution < -0.4 is 0 Å². The van der Waals surface area contributed by atoms with Gasteiger partial charge in [0.05, 0.1) is 5.92 Å². The first-order valence-electron chi connectivity index (χ1n) is 6.64. The molecule has 1 fully saturated rings. The Morgan fingerprint density at radius 2 is 2.11 bits per heavy atom. The highest BCUT2D eigenvalue weighted by Gasteiger charge is 2.32. The van der Waals surface area contributed by atoms with E-state index in [-0.39, 0.29) is 11.9 Å². The highest BCUT2D eigenvalue weighted by atomic mass is 16.4. The number of aliphatic carboxylic acids is 1. The van der Waals surface area contributed by atoms with E-state index in [1.807, 2.05) is 37.3 Å². The molecule has 1 heterocycles. The maximum atomic E-state index is 11.9. The lowest BCUT2D eigenvalue weighted by Crippen LogP contribution is -2.47. The molecule has 102 valence electrons. The van der Waals surface area contributed by atoms with Crippen molar-refractivity contribution in [3.05, 3.63) is 35.9 Å². The smallest absolute Gasteiger partial charge is 0.308 e. The molecular weight excluding hydrogens is 242 g/mol. The summed E-state index contributed by atoms with van der Waals surface area (Å²) in [6.07, 6.45) is 1.57. The predicted molar refractivity (Wildman–Crippen MR) is 71.7 cm³/mol. The van der Waals surface area contributed by atoms with Crippen LogP contribution in [-0.2, 0) is 16.0 Å². The van der Waals surface area contributed by atoms with Gasteiger partial charge in [-0.15, -0.1) is 0 Å². The van der Waals surface area contributed by atoms with Crippen molar-refractivity contribution in [2.24, 2.45) is 5.92 Å². The molecule has 1 aliphatic rings. The summed E-state index contributed by atoms with van der Waals surface area (Å²) in [6.45, 7) is 2.32. The summed E-state index contributed by atoms with van der Waals surface area (Å²) >= 11 is 0. The zero-order valence-electron chi connectivity index (χ0n) is 11.1. The lowest BCUT2D eigenvalue weighted by molar-refractivity contribution is -0.148. The van der Waals surface area contributed by atoms with Crippen LogP contribution in [0.2, 0.25) is 0 Å². The van der Waals surface area contributed by atoms with Gasteiger partial charge in [0.1, 0.15) is 0 Å². The monoisotopic (exact) mass is 261 g/mol. The van der Waals surface area contributed by atoms with Gasteiger partial charge in [0, 0.05) is 19.0 Å². The van der Waals surface area contributed by atoms with Crippen LogP contribution in [0, 0.1) is 5.92 Å². The first kappa shape index (κ1) is 13.6. The van der Waals surface area contributed by atoms with Gasteiger partial charge in [0.15, 0.2) is 0 Å². The molecule has 1 saturated heterocycles. The fourth-order valence-corrected chi connectivity index (χ4v) is 2.56. The number of hydrogen-bond donors (Lipinski definition) is 1. The summed E-state index contributed by atoms with van der Waals surface area (Å²) in [5.41, 5.74) is 1.17. The minimum atomic E-state index is -0.801. The molecule has 0 bridgehead atoms. The number of amides is 1. The molecule has 0 saturated carbocycles. The second-order valence-electron chi connectivity index (χ2n) is 5.16. The third kappa shape index (κ3) is 3.34. The van der Waals surface area contributed by atoms with Gasteiger partial charge >= 0.3 is 5.97 Å². The van der Waals surface area contributed by atoms with Gasteiger partial charge in [-0.1, -0.05) is 30.3 Å². The largest absolute Gasteiger partial charge is 0.481 e. The second-order valence-corrected chi connectivity index (χ2v) is 5.16. The van der Waals surface area contributed by atoms with E-state index in [1.165, 1.54) is 5.56 Å². The van der Waals surface area contributed by atoms with Crippen LogP contribution in [0.4, 0.5) is 0 Å². The van der Waals surface area contributed by atoms with Gasteiger partial charge < -0.3 is 10.0 Å². The average Bonchev–Trinajstić information content (AvgIpc) is 2.40. The van der Waals surface area contributed by atoms with Gasteiger partial charge in [0.25, 0.3) is 0 Å². The van der Waals surface area contributed by atoms with Crippen LogP contribution >= 0.6 is 0 Å². The third-order valence-electron chi connectivity index (χ3n) is 3.70. The Morgan fingerprint density at radius 3 is 2.74 bits per heavy atom. The van der Waals surface area contributed by atoms with E-state index in [2.05, 4.69) is 0 Å². The Hall–Kier alpha value is -1.84. The topological polar surface area (TPSA) is 57.6 Å². The standard InChI is InChI=1S/C15H19NO3/c1-11(9-12-5-3-2-4-6-12)16-10-13(15(18)19)7-8-14(16)17/h2-6,11,13H,7-10H2,1H3,(H,18,19). The summed E-state index contributed by atoms with van der Waals surface area (Å²) in [6, 6.07) is 10.00. The lowest BCUT2D eigenvalue weighted by atomic mass is 9.95. The summed E-state index contributed by atoms with van der Waals surface area (Å²) in [5.74, 6) is -1.15. The molecule has 0 radical (unpaired) electrons. The van der Waals surface area contributed by atoms with Crippen molar-refractivity contribution in [1.29, 1.82) is 0 Å². The van der Waals surface area contributed by atoms with Gasteiger partial charge in [-0.25, -0.2) is 0 Å². The number of rotatable bonds is 4.